The van der Waals surface area contributed by atoms with Crippen LogP contribution in [0.3, 0.4) is 0 Å². The summed E-state index contributed by atoms with van der Waals surface area (Å²) in [5.74, 6) is 0.923. The zero-order valence-electron chi connectivity index (χ0n) is 11.8. The van der Waals surface area contributed by atoms with Crippen LogP contribution in [0.5, 0.6) is 0 Å². The van der Waals surface area contributed by atoms with E-state index in [2.05, 4.69) is 39.6 Å². The molecule has 20 heavy (non-hydrogen) atoms. The van der Waals surface area contributed by atoms with Gasteiger partial charge in [0.05, 0.1) is 5.69 Å². The minimum atomic E-state index is 0. The lowest BCUT2D eigenvalue weighted by atomic mass is 10.1. The number of rotatable bonds is 2. The second-order valence-corrected chi connectivity index (χ2v) is 5.03. The monoisotopic (exact) mass is 293 g/mol. The number of nitrogens with one attached hydrogen (secondary N) is 1. The number of aromatic nitrogens is 1. The smallest absolute Gasteiger partial charge is 0.138 e. The molecule has 108 valence electrons. The van der Waals surface area contributed by atoms with Crippen LogP contribution in [0, 0.1) is 13.8 Å². The molecule has 1 aromatic carbocycles. The summed E-state index contributed by atoms with van der Waals surface area (Å²) >= 11 is 0. The Morgan fingerprint density at radius 2 is 2.10 bits per heavy atom. The molecular formula is C15H20ClN3O. The summed E-state index contributed by atoms with van der Waals surface area (Å²) < 4.78 is 5.26. The molecule has 0 saturated heterocycles. The average Bonchev–Trinajstić information content (AvgIpc) is 2.65. The number of anilines is 1. The van der Waals surface area contributed by atoms with Crippen molar-refractivity contribution in [2.75, 3.05) is 18.0 Å². The molecule has 2 aromatic rings. The summed E-state index contributed by atoms with van der Waals surface area (Å²) in [5.41, 5.74) is 4.86. The molecule has 2 heterocycles. The molecular weight excluding hydrogens is 274 g/mol. The van der Waals surface area contributed by atoms with Gasteiger partial charge in [0.1, 0.15) is 5.76 Å². The Morgan fingerprint density at radius 1 is 1.30 bits per heavy atom. The van der Waals surface area contributed by atoms with E-state index in [-0.39, 0.29) is 12.4 Å². The summed E-state index contributed by atoms with van der Waals surface area (Å²) in [6, 6.07) is 8.58. The third kappa shape index (κ3) is 2.81. The highest BCUT2D eigenvalue weighted by atomic mass is 35.5. The van der Waals surface area contributed by atoms with Gasteiger partial charge in [-0.1, -0.05) is 23.4 Å². The third-order valence-electron chi connectivity index (χ3n) is 3.74. The van der Waals surface area contributed by atoms with Crippen LogP contribution in [0.1, 0.15) is 22.6 Å². The summed E-state index contributed by atoms with van der Waals surface area (Å²) in [6.45, 7) is 7.79. The molecule has 0 saturated carbocycles. The van der Waals surface area contributed by atoms with Gasteiger partial charge in [-0.05, 0) is 25.5 Å². The molecule has 0 radical (unpaired) electrons. The minimum absolute atomic E-state index is 0. The van der Waals surface area contributed by atoms with E-state index in [9.17, 15) is 0 Å². The Hall–Kier alpha value is -1.52. The van der Waals surface area contributed by atoms with Crippen molar-refractivity contribution in [1.29, 1.82) is 0 Å². The highest BCUT2D eigenvalue weighted by molar-refractivity contribution is 5.85. The molecule has 0 spiro atoms. The standard InChI is InChI=1S/C15H19N3O.ClH/c1-11-14(12(2)19-17-11)10-18-8-7-16-9-13-5-3-4-6-15(13)18;/h3-6,16H,7-10H2,1-2H3;1H. The molecule has 0 amide bonds. The third-order valence-corrected chi connectivity index (χ3v) is 3.74. The highest BCUT2D eigenvalue weighted by Gasteiger charge is 2.18. The predicted octanol–water partition coefficient (Wildman–Crippen LogP) is 2.82. The fourth-order valence-electron chi connectivity index (χ4n) is 2.61. The fourth-order valence-corrected chi connectivity index (χ4v) is 2.61. The van der Waals surface area contributed by atoms with Crippen LogP contribution in [0.4, 0.5) is 5.69 Å². The molecule has 1 aliphatic heterocycles. The van der Waals surface area contributed by atoms with E-state index in [1.165, 1.54) is 16.8 Å². The van der Waals surface area contributed by atoms with Crippen LogP contribution in [0.25, 0.3) is 0 Å². The summed E-state index contributed by atoms with van der Waals surface area (Å²) in [6.07, 6.45) is 0. The maximum Gasteiger partial charge on any atom is 0.138 e. The van der Waals surface area contributed by atoms with Crippen molar-refractivity contribution in [3.05, 3.63) is 46.8 Å². The average molecular weight is 294 g/mol. The number of fused-ring (bicyclic) bond motifs is 1. The van der Waals surface area contributed by atoms with Gasteiger partial charge in [0, 0.05) is 37.4 Å². The summed E-state index contributed by atoms with van der Waals surface area (Å²) in [7, 11) is 0. The minimum Gasteiger partial charge on any atom is -0.365 e. The van der Waals surface area contributed by atoms with Crippen molar-refractivity contribution < 1.29 is 4.52 Å². The Morgan fingerprint density at radius 3 is 2.85 bits per heavy atom. The van der Waals surface area contributed by atoms with Crippen LogP contribution in [0.2, 0.25) is 0 Å². The van der Waals surface area contributed by atoms with Crippen LogP contribution >= 0.6 is 12.4 Å². The van der Waals surface area contributed by atoms with Crippen molar-refractivity contribution in [1.82, 2.24) is 10.5 Å². The van der Waals surface area contributed by atoms with Gasteiger partial charge < -0.3 is 14.7 Å². The Bertz CT molecular complexity index is 563. The van der Waals surface area contributed by atoms with Gasteiger partial charge in [0.2, 0.25) is 0 Å². The van der Waals surface area contributed by atoms with E-state index in [0.29, 0.717) is 0 Å². The molecule has 0 atom stereocenters. The van der Waals surface area contributed by atoms with Gasteiger partial charge in [-0.25, -0.2) is 0 Å². The molecule has 5 heteroatoms. The number of aryl methyl sites for hydroxylation is 2. The first-order chi connectivity index (χ1) is 9.25. The van der Waals surface area contributed by atoms with Crippen LogP contribution in [0.15, 0.2) is 28.8 Å². The number of halogens is 1. The number of hydrogen-bond acceptors (Lipinski definition) is 4. The number of para-hydroxylation sites is 1. The number of benzene rings is 1. The van der Waals surface area contributed by atoms with Crippen molar-refractivity contribution in [3.63, 3.8) is 0 Å². The Kier molecular flexibility index (Phi) is 4.68. The van der Waals surface area contributed by atoms with Crippen LogP contribution in [-0.2, 0) is 13.1 Å². The van der Waals surface area contributed by atoms with E-state index >= 15 is 0 Å². The first-order valence-corrected chi connectivity index (χ1v) is 6.71. The summed E-state index contributed by atoms with van der Waals surface area (Å²) in [4.78, 5) is 2.40. The topological polar surface area (TPSA) is 41.3 Å². The van der Waals surface area contributed by atoms with Crippen LogP contribution < -0.4 is 10.2 Å². The maximum atomic E-state index is 5.26. The Labute approximate surface area is 125 Å². The molecule has 1 aliphatic rings. The zero-order chi connectivity index (χ0) is 13.2. The first-order valence-electron chi connectivity index (χ1n) is 6.71. The lowest BCUT2D eigenvalue weighted by molar-refractivity contribution is 0.392. The van der Waals surface area contributed by atoms with Crippen molar-refractivity contribution in [2.45, 2.75) is 26.9 Å². The van der Waals surface area contributed by atoms with Crippen molar-refractivity contribution in [2.24, 2.45) is 0 Å². The first kappa shape index (κ1) is 14.9. The quantitative estimate of drug-likeness (QED) is 0.924. The molecule has 1 aromatic heterocycles. The van der Waals surface area contributed by atoms with Crippen molar-refractivity contribution >= 4 is 18.1 Å². The van der Waals surface area contributed by atoms with Gasteiger partial charge >= 0.3 is 0 Å². The predicted molar refractivity (Wildman–Crippen MR) is 82.4 cm³/mol. The van der Waals surface area contributed by atoms with Gasteiger partial charge in [0.25, 0.3) is 0 Å². The molecule has 3 rings (SSSR count). The largest absolute Gasteiger partial charge is 0.365 e. The Balaban J connectivity index is 0.00000147. The highest BCUT2D eigenvalue weighted by Crippen LogP contribution is 2.25. The fraction of sp³-hybridized carbons (Fsp3) is 0.400. The molecule has 0 unspecified atom stereocenters. The van der Waals surface area contributed by atoms with E-state index < -0.39 is 0 Å². The number of hydrogen-bond donors (Lipinski definition) is 1. The summed E-state index contributed by atoms with van der Waals surface area (Å²) in [5, 5.41) is 7.51. The maximum absolute atomic E-state index is 5.26. The molecule has 1 N–H and O–H groups in total. The normalized spacial score (nSPS) is 14.4. The van der Waals surface area contributed by atoms with Gasteiger partial charge in [0.15, 0.2) is 0 Å². The second-order valence-electron chi connectivity index (χ2n) is 5.03. The molecule has 0 bridgehead atoms. The zero-order valence-corrected chi connectivity index (χ0v) is 12.7. The number of nitrogens with zero attached hydrogens (tertiary/aromatic N) is 2. The molecule has 0 fully saturated rings. The van der Waals surface area contributed by atoms with Gasteiger partial charge in [-0.2, -0.15) is 0 Å². The lowest BCUT2D eigenvalue weighted by Crippen LogP contribution is -2.28. The van der Waals surface area contributed by atoms with Crippen LogP contribution in [-0.4, -0.2) is 18.2 Å². The SMILES string of the molecule is Cc1noc(C)c1CN1CCNCc2ccccc21.Cl. The van der Waals surface area contributed by atoms with E-state index in [0.717, 1.165) is 37.6 Å². The molecule has 4 nitrogen and oxygen atoms in total. The van der Waals surface area contributed by atoms with E-state index in [1.54, 1.807) is 0 Å². The van der Waals surface area contributed by atoms with Gasteiger partial charge in [-0.15, -0.1) is 12.4 Å². The van der Waals surface area contributed by atoms with Gasteiger partial charge in [-0.3, -0.25) is 0 Å². The lowest BCUT2D eigenvalue weighted by Gasteiger charge is -2.24. The van der Waals surface area contributed by atoms with E-state index in [1.807, 2.05) is 13.8 Å². The van der Waals surface area contributed by atoms with Crippen molar-refractivity contribution in [3.8, 4) is 0 Å². The van der Waals surface area contributed by atoms with E-state index in [4.69, 9.17) is 4.52 Å². The second kappa shape index (κ2) is 6.29. The molecule has 0 aliphatic carbocycles.